The van der Waals surface area contributed by atoms with Gasteiger partial charge in [0, 0.05) is 70.9 Å². The second-order valence-corrected chi connectivity index (χ2v) is 31.4. The quantitative estimate of drug-likeness (QED) is 0.0629. The highest BCUT2D eigenvalue weighted by Gasteiger charge is 2.29. The van der Waals surface area contributed by atoms with E-state index in [4.69, 9.17) is 33.2 Å². The van der Waals surface area contributed by atoms with Crippen LogP contribution in [0.3, 0.4) is 0 Å². The Morgan fingerprint density at radius 1 is 0.381 bits per heavy atom. The summed E-state index contributed by atoms with van der Waals surface area (Å²) in [5.74, 6) is 5.15. The van der Waals surface area contributed by atoms with Gasteiger partial charge in [-0.1, -0.05) is 118 Å². The van der Waals surface area contributed by atoms with Crippen LogP contribution in [-0.2, 0) is 10.1 Å². The van der Waals surface area contributed by atoms with E-state index < -0.39 is 10.1 Å². The van der Waals surface area contributed by atoms with Crippen LogP contribution in [0.15, 0.2) is 237 Å². The summed E-state index contributed by atoms with van der Waals surface area (Å²) in [5.41, 5.74) is 15.6. The molecule has 0 atom stereocenters. The number of rotatable bonds is 21. The molecule has 0 spiro atoms. The molecule has 0 bridgehead atoms. The zero-order valence-electron chi connectivity index (χ0n) is 59.9. The topological polar surface area (TPSA) is 149 Å². The summed E-state index contributed by atoms with van der Waals surface area (Å²) < 4.78 is 76.3. The minimum Gasteiger partial charge on any atom is -0.744 e. The molecule has 0 amide bonds. The molecule has 0 radical (unpaired) electrons. The lowest BCUT2D eigenvalue weighted by atomic mass is 9.91. The minimum absolute atomic E-state index is 0.0909. The summed E-state index contributed by atoms with van der Waals surface area (Å²) >= 11 is 6.84. The lowest BCUT2D eigenvalue weighted by molar-refractivity contribution is 0.150. The Morgan fingerprint density at radius 3 is 1.22 bits per heavy atom. The number of benzene rings is 10. The van der Waals surface area contributed by atoms with E-state index in [-0.39, 0.29) is 29.3 Å². The molecule has 4 aliphatic rings. The number of methoxy groups -OCH3 is 1. The Morgan fingerprint density at radius 2 is 0.762 bits per heavy atom. The zero-order chi connectivity index (χ0) is 72.2. The van der Waals surface area contributed by atoms with Gasteiger partial charge in [-0.25, -0.2) is 8.42 Å². The third kappa shape index (κ3) is 18.0. The van der Waals surface area contributed by atoms with Crippen LogP contribution in [0.25, 0.3) is 56.3 Å². The largest absolute Gasteiger partial charge is 0.744 e. The van der Waals surface area contributed by atoms with Crippen LogP contribution in [0.1, 0.15) is 140 Å². The molecule has 0 aliphatic heterocycles. The molecule has 13 nitrogen and oxygen atoms in total. The van der Waals surface area contributed by atoms with E-state index in [9.17, 15) is 13.0 Å². The number of ether oxygens (including phenoxy) is 5. The molecule has 540 valence electrons. The SMILES string of the molecule is COc1ccc(N(c2ccc(C)cc2)c2ccc(-c3cc(OC4CCCCC4)c(-c4ccc(-c5cc(OC6CCCCC6)c(C)cc5OC5CCCCC5)c(-c5nnc(-c6ccccc6)o5)c4)cc3OC3CCCCC3)cc2)cc1.O=S(=O)([O-])c1ccc(N(c2ccc(Br)cc2)c2ccc(Br)cc2)cc1. The van der Waals surface area contributed by atoms with Crippen LogP contribution in [0.5, 0.6) is 28.7 Å². The van der Waals surface area contributed by atoms with Gasteiger partial charge < -0.3 is 42.5 Å². The monoisotopic (exact) mass is 1550 g/mol. The van der Waals surface area contributed by atoms with Crippen molar-refractivity contribution in [3.05, 3.63) is 238 Å². The summed E-state index contributed by atoms with van der Waals surface area (Å²) in [4.78, 5) is 4.02. The van der Waals surface area contributed by atoms with Crippen molar-refractivity contribution in [3.63, 3.8) is 0 Å². The first-order chi connectivity index (χ1) is 51.2. The maximum atomic E-state index is 11.1. The Kier molecular flexibility index (Phi) is 23.5. The highest BCUT2D eigenvalue weighted by atomic mass is 79.9. The molecule has 0 unspecified atom stereocenters. The first-order valence-electron chi connectivity index (χ1n) is 37.3. The molecule has 16 heteroatoms. The van der Waals surface area contributed by atoms with Gasteiger partial charge in [0.05, 0.1) is 36.4 Å². The number of anilines is 6. The van der Waals surface area contributed by atoms with Gasteiger partial charge in [0.25, 0.3) is 0 Å². The number of nitrogens with zero attached hydrogens (tertiary/aromatic N) is 4. The molecule has 0 N–H and O–H groups in total. The number of hydrogen-bond acceptors (Lipinski definition) is 13. The molecule has 10 aromatic carbocycles. The minimum atomic E-state index is -4.47. The number of hydrogen-bond donors (Lipinski definition) is 0. The summed E-state index contributed by atoms with van der Waals surface area (Å²) in [6, 6.07) is 73.0. The Hall–Kier alpha value is -9.19. The maximum absolute atomic E-state index is 11.1. The summed E-state index contributed by atoms with van der Waals surface area (Å²) in [7, 11) is -2.76. The number of halogens is 2. The molecule has 4 fully saturated rings. The van der Waals surface area contributed by atoms with Crippen molar-refractivity contribution in [2.45, 2.75) is 172 Å². The second kappa shape index (κ2) is 33.9. The van der Waals surface area contributed by atoms with Crippen molar-refractivity contribution in [2.24, 2.45) is 0 Å². The highest BCUT2D eigenvalue weighted by molar-refractivity contribution is 9.10. The molecule has 4 aliphatic carbocycles. The molecule has 105 heavy (non-hydrogen) atoms. The van der Waals surface area contributed by atoms with Crippen molar-refractivity contribution in [3.8, 4) is 85.0 Å². The Bertz CT molecular complexity index is 4760. The molecule has 15 rings (SSSR count). The molecular formula is C89H89Br2N4O9S-. The van der Waals surface area contributed by atoms with E-state index in [1.807, 2.05) is 95.9 Å². The zero-order valence-corrected chi connectivity index (χ0v) is 63.9. The van der Waals surface area contributed by atoms with Crippen LogP contribution in [0.2, 0.25) is 0 Å². The normalized spacial score (nSPS) is 15.4. The number of aromatic nitrogens is 2. The predicted molar refractivity (Wildman–Crippen MR) is 427 cm³/mol. The third-order valence-corrected chi connectivity index (χ3v) is 22.6. The van der Waals surface area contributed by atoms with Gasteiger partial charge in [0.1, 0.15) is 38.9 Å². The van der Waals surface area contributed by atoms with Crippen molar-refractivity contribution in [1.82, 2.24) is 10.2 Å². The Labute approximate surface area is 634 Å². The van der Waals surface area contributed by atoms with Crippen LogP contribution in [0.4, 0.5) is 34.1 Å². The van der Waals surface area contributed by atoms with Gasteiger partial charge in [-0.3, -0.25) is 0 Å². The molecule has 0 saturated heterocycles. The van der Waals surface area contributed by atoms with Crippen LogP contribution in [0, 0.1) is 13.8 Å². The first-order valence-corrected chi connectivity index (χ1v) is 40.2. The lowest BCUT2D eigenvalue weighted by Crippen LogP contribution is -2.21. The van der Waals surface area contributed by atoms with Crippen molar-refractivity contribution in [1.29, 1.82) is 0 Å². The molecule has 11 aromatic rings. The van der Waals surface area contributed by atoms with Gasteiger partial charge >= 0.3 is 0 Å². The summed E-state index contributed by atoms with van der Waals surface area (Å²) in [5, 5.41) is 9.52. The van der Waals surface area contributed by atoms with Gasteiger partial charge in [-0.15, -0.1) is 10.2 Å². The lowest BCUT2D eigenvalue weighted by Gasteiger charge is -2.28. The average Bonchev–Trinajstić information content (AvgIpc) is 1.70. The van der Waals surface area contributed by atoms with E-state index in [0.29, 0.717) is 11.8 Å². The summed E-state index contributed by atoms with van der Waals surface area (Å²) in [6.45, 7) is 4.28. The molecular weight excluding hydrogens is 1460 g/mol. The highest BCUT2D eigenvalue weighted by Crippen LogP contribution is 2.49. The smallest absolute Gasteiger partial charge is 0.248 e. The summed E-state index contributed by atoms with van der Waals surface area (Å²) in [6.07, 6.45) is 23.1. The fourth-order valence-corrected chi connectivity index (χ4v) is 16.0. The van der Waals surface area contributed by atoms with Crippen molar-refractivity contribution >= 4 is 76.1 Å². The van der Waals surface area contributed by atoms with Gasteiger partial charge in [-0.05, 0) is 303 Å². The van der Waals surface area contributed by atoms with Gasteiger partial charge in [0.2, 0.25) is 11.8 Å². The number of aryl methyl sites for hydroxylation is 2. The van der Waals surface area contributed by atoms with E-state index in [2.05, 4.69) is 159 Å². The average molecular weight is 1550 g/mol. The van der Waals surface area contributed by atoms with Crippen molar-refractivity contribution < 1.29 is 41.1 Å². The molecule has 1 aromatic heterocycles. The van der Waals surface area contributed by atoms with E-state index in [1.165, 1.54) is 69.1 Å². The van der Waals surface area contributed by atoms with Crippen LogP contribution in [-0.4, -0.2) is 54.7 Å². The standard InChI is InChI=1S/C71H77N3O6.C18H13Br2NO3S/c1-48-29-34-53(35-30-48)74(55-38-40-56(75-3)41-39-55)54-36-31-50(32-37-54)62-45-69(79-60-27-17-8-18-28-60)63(46-68(62)78-59-25-15-7-16-26-59)52-33-42-61(65(44-52)71-73-72-70(80-71)51-19-9-4-10-20-51)64-47-66(76-57-21-11-5-12-22-57)49(2)43-67(64)77-58-23-13-6-14-24-58;19-13-1-5-15(6-2-13)21(16-7-3-14(20)4-8-16)17-9-11-18(12-10-17)25(22,23)24/h4,9-10,19-20,29-47,57-60H,5-8,11-18,21-28H2,1-3H3;1-12H,(H,22,23,24)/p-1. The molecule has 4 saturated carbocycles. The van der Waals surface area contributed by atoms with Crippen LogP contribution >= 0.6 is 31.9 Å². The third-order valence-electron chi connectivity index (χ3n) is 20.7. The van der Waals surface area contributed by atoms with Gasteiger partial charge in [0.15, 0.2) is 0 Å². The van der Waals surface area contributed by atoms with Crippen LogP contribution < -0.4 is 33.5 Å². The maximum Gasteiger partial charge on any atom is 0.248 e. The fraction of sp³-hybridized carbons (Fsp3) is 0.303. The predicted octanol–water partition coefficient (Wildman–Crippen LogP) is 24.9. The fourth-order valence-electron chi connectivity index (χ4n) is 15.0. The molecule has 1 heterocycles. The van der Waals surface area contributed by atoms with E-state index >= 15 is 0 Å². The van der Waals surface area contributed by atoms with E-state index in [0.717, 1.165) is 199 Å². The van der Waals surface area contributed by atoms with Crippen molar-refractivity contribution in [2.75, 3.05) is 16.9 Å². The van der Waals surface area contributed by atoms with E-state index in [1.54, 1.807) is 19.2 Å². The first kappa shape index (κ1) is 72.7. The Balaban J connectivity index is 0.000000313. The second-order valence-electron chi connectivity index (χ2n) is 28.2. The van der Waals surface area contributed by atoms with Gasteiger partial charge in [-0.2, -0.15) is 0 Å².